The lowest BCUT2D eigenvalue weighted by atomic mass is 9.58. The molecule has 3 amide bonds. The first kappa shape index (κ1) is 38.2. The van der Waals surface area contributed by atoms with E-state index in [1.165, 1.54) is 18.2 Å². The van der Waals surface area contributed by atoms with Gasteiger partial charge in [-0.15, -0.1) is 13.2 Å². The molecule has 3 aliphatic heterocycles. The zero-order chi connectivity index (χ0) is 38.7. The van der Waals surface area contributed by atoms with Crippen LogP contribution in [0.15, 0.2) is 45.8 Å². The molecule has 286 valence electrons. The van der Waals surface area contributed by atoms with Crippen molar-refractivity contribution in [2.45, 2.75) is 94.8 Å². The molecule has 2 aromatic carbocycles. The van der Waals surface area contributed by atoms with Gasteiger partial charge in [-0.2, -0.15) is 4.98 Å². The molecule has 4 heterocycles. The molecular weight excluding hydrogens is 726 g/mol. The quantitative estimate of drug-likeness (QED) is 0.226. The highest BCUT2D eigenvalue weighted by molar-refractivity contribution is 7.91. The van der Waals surface area contributed by atoms with Gasteiger partial charge in [0.1, 0.15) is 34.2 Å². The molecular formula is C35H39F4N5O8S. The molecule has 3 aromatic rings. The second-order valence-corrected chi connectivity index (χ2v) is 16.9. The number of aromatic nitrogens is 2. The fourth-order valence-corrected chi connectivity index (χ4v) is 8.07. The van der Waals surface area contributed by atoms with Crippen LogP contribution in [0.3, 0.4) is 0 Å². The molecule has 2 bridgehead atoms. The van der Waals surface area contributed by atoms with Crippen molar-refractivity contribution in [2.24, 2.45) is 5.92 Å². The van der Waals surface area contributed by atoms with Crippen molar-refractivity contribution in [1.29, 1.82) is 0 Å². The molecule has 2 saturated heterocycles. The number of nitrogens with one attached hydrogen (secondary N) is 1. The van der Waals surface area contributed by atoms with Crippen molar-refractivity contribution in [2.75, 3.05) is 23.7 Å². The third kappa shape index (κ3) is 8.64. The number of nitrogens with zero attached hydrogens (tertiary/aromatic N) is 4. The Morgan fingerprint density at radius 3 is 2.34 bits per heavy atom. The van der Waals surface area contributed by atoms with E-state index in [0.29, 0.717) is 24.9 Å². The SMILES string of the molecule is CC(C)(C)OC(=O)N[C@H]1C[S+]([O-])c2cc(F)c(-c3noc(C45CC(CN(C(=O)OC(C)(C)C)C4)C5)n3)cc2N(Cc2ccc(OC(F)(F)F)cc2)C1=O. The number of hydrogen-bond acceptors (Lipinski definition) is 10. The molecule has 1 N–H and O–H groups in total. The number of carbonyl (C=O) groups is 3. The zero-order valence-corrected chi connectivity index (χ0v) is 30.7. The maximum Gasteiger partial charge on any atom is 0.573 e. The average Bonchev–Trinajstić information content (AvgIpc) is 3.49. The normalized spacial score (nSPS) is 23.1. The van der Waals surface area contributed by atoms with E-state index < -0.39 is 75.6 Å². The lowest BCUT2D eigenvalue weighted by molar-refractivity contribution is -0.274. The van der Waals surface area contributed by atoms with E-state index in [-0.39, 0.29) is 46.9 Å². The van der Waals surface area contributed by atoms with Crippen LogP contribution in [0.4, 0.5) is 32.8 Å². The largest absolute Gasteiger partial charge is 0.611 e. The number of carbonyl (C=O) groups excluding carboxylic acids is 3. The van der Waals surface area contributed by atoms with E-state index in [2.05, 4.69) is 20.2 Å². The number of rotatable bonds is 6. The van der Waals surface area contributed by atoms with E-state index >= 15 is 4.39 Å². The Kier molecular flexibility index (Phi) is 9.85. The molecule has 0 spiro atoms. The summed E-state index contributed by atoms with van der Waals surface area (Å²) in [6, 6.07) is 5.60. The number of alkyl carbamates (subject to hydrolysis) is 1. The molecule has 0 radical (unpaired) electrons. The summed E-state index contributed by atoms with van der Waals surface area (Å²) in [4.78, 5) is 46.9. The first-order valence-corrected chi connectivity index (χ1v) is 18.1. The van der Waals surface area contributed by atoms with Gasteiger partial charge in [0, 0.05) is 19.2 Å². The number of amides is 3. The standard InChI is InChI=1S/C35H39F4N5O8S/c1-32(2,3)50-30(46)40-24-17-53(48)26-12-23(36)22(11-25(26)44(28(24)45)16-19-7-9-21(10-8-19)49-35(37,38)39)27-41-29(52-42-27)34-13-20(14-34)15-43(18-34)31(47)51-33(4,5)6/h7-12,20,24H,13-18H2,1-6H3,(H,40,46)/t20?,24-,34?,53?/m0/s1. The Labute approximate surface area is 305 Å². The molecule has 1 unspecified atom stereocenters. The fourth-order valence-electron chi connectivity index (χ4n) is 6.72. The third-order valence-electron chi connectivity index (χ3n) is 8.76. The van der Waals surface area contributed by atoms with Crippen LogP contribution in [-0.4, -0.2) is 80.1 Å². The second kappa shape index (κ2) is 13.7. The first-order chi connectivity index (χ1) is 24.6. The van der Waals surface area contributed by atoms with Gasteiger partial charge in [0.25, 0.3) is 5.91 Å². The van der Waals surface area contributed by atoms with Crippen LogP contribution in [0.2, 0.25) is 0 Å². The number of alkyl halides is 3. The van der Waals surface area contributed by atoms with Gasteiger partial charge in [-0.05, 0) is 95.2 Å². The van der Waals surface area contributed by atoms with Crippen LogP contribution in [0.1, 0.15) is 65.8 Å². The number of hydrogen-bond donors (Lipinski definition) is 1. The van der Waals surface area contributed by atoms with Gasteiger partial charge >= 0.3 is 18.5 Å². The number of piperidine rings is 2. The number of fused-ring (bicyclic) bond motifs is 3. The molecule has 2 atom stereocenters. The second-order valence-electron chi connectivity index (χ2n) is 15.5. The monoisotopic (exact) mass is 765 g/mol. The minimum Gasteiger partial charge on any atom is -0.611 e. The van der Waals surface area contributed by atoms with Gasteiger partial charge < -0.3 is 38.4 Å². The Bertz CT molecular complexity index is 1890. The van der Waals surface area contributed by atoms with E-state index in [4.69, 9.17) is 14.0 Å². The fraction of sp³-hybridized carbons (Fsp3) is 0.514. The van der Waals surface area contributed by atoms with E-state index in [1.807, 2.05) is 0 Å². The Morgan fingerprint density at radius 1 is 1.06 bits per heavy atom. The van der Waals surface area contributed by atoms with Crippen LogP contribution in [0.5, 0.6) is 5.75 Å². The number of halogens is 4. The van der Waals surface area contributed by atoms with Gasteiger partial charge in [0.05, 0.1) is 17.5 Å². The molecule has 3 fully saturated rings. The predicted molar refractivity (Wildman–Crippen MR) is 181 cm³/mol. The Balaban J connectivity index is 1.33. The minimum absolute atomic E-state index is 0.00386. The predicted octanol–water partition coefficient (Wildman–Crippen LogP) is 6.22. The highest BCUT2D eigenvalue weighted by Crippen LogP contribution is 2.52. The zero-order valence-electron chi connectivity index (χ0n) is 29.8. The van der Waals surface area contributed by atoms with E-state index in [9.17, 15) is 32.1 Å². The van der Waals surface area contributed by atoms with Gasteiger partial charge in [-0.25, -0.2) is 14.0 Å². The molecule has 7 rings (SSSR count). The van der Waals surface area contributed by atoms with E-state index in [0.717, 1.165) is 23.1 Å². The minimum atomic E-state index is -4.92. The molecule has 1 aromatic heterocycles. The smallest absolute Gasteiger partial charge is 0.573 e. The molecule has 1 aliphatic carbocycles. The lowest BCUT2D eigenvalue weighted by Crippen LogP contribution is -2.61. The average molecular weight is 766 g/mol. The summed E-state index contributed by atoms with van der Waals surface area (Å²) in [5.41, 5.74) is -2.14. The molecule has 13 nitrogen and oxygen atoms in total. The van der Waals surface area contributed by atoms with Crippen molar-refractivity contribution < 1.29 is 55.2 Å². The molecule has 1 saturated carbocycles. The lowest BCUT2D eigenvalue weighted by Gasteiger charge is -2.53. The Morgan fingerprint density at radius 2 is 1.72 bits per heavy atom. The summed E-state index contributed by atoms with van der Waals surface area (Å²) in [6.07, 6.45) is -5.01. The van der Waals surface area contributed by atoms with Gasteiger partial charge in [0.15, 0.2) is 10.9 Å². The van der Waals surface area contributed by atoms with Crippen molar-refractivity contribution in [1.82, 2.24) is 20.4 Å². The number of benzene rings is 2. The van der Waals surface area contributed by atoms with Crippen LogP contribution in [0.25, 0.3) is 11.4 Å². The van der Waals surface area contributed by atoms with Crippen LogP contribution < -0.4 is 15.0 Å². The van der Waals surface area contributed by atoms with Gasteiger partial charge in [0.2, 0.25) is 11.7 Å². The van der Waals surface area contributed by atoms with Gasteiger partial charge in [-0.3, -0.25) is 4.79 Å². The summed E-state index contributed by atoms with van der Waals surface area (Å²) in [5, 5.41) is 6.50. The molecule has 4 aliphatic rings. The van der Waals surface area contributed by atoms with Crippen molar-refractivity contribution in [3.05, 3.63) is 53.7 Å². The van der Waals surface area contributed by atoms with Crippen LogP contribution in [-0.2, 0) is 37.4 Å². The van der Waals surface area contributed by atoms with Crippen molar-refractivity contribution >= 4 is 35.0 Å². The van der Waals surface area contributed by atoms with Gasteiger partial charge in [-0.1, -0.05) is 17.3 Å². The molecule has 53 heavy (non-hydrogen) atoms. The number of anilines is 1. The summed E-state index contributed by atoms with van der Waals surface area (Å²) in [6.45, 7) is 10.7. The van der Waals surface area contributed by atoms with Crippen LogP contribution in [0, 0.1) is 11.7 Å². The maximum atomic E-state index is 16.0. The summed E-state index contributed by atoms with van der Waals surface area (Å²) >= 11 is -2.04. The van der Waals surface area contributed by atoms with E-state index in [1.54, 1.807) is 46.4 Å². The van der Waals surface area contributed by atoms with Crippen LogP contribution >= 0.6 is 0 Å². The van der Waals surface area contributed by atoms with Crippen molar-refractivity contribution in [3.8, 4) is 17.1 Å². The number of ether oxygens (including phenoxy) is 3. The first-order valence-electron chi connectivity index (χ1n) is 16.8. The maximum absolute atomic E-state index is 16.0. The summed E-state index contributed by atoms with van der Waals surface area (Å²) < 4.78 is 88.5. The Hall–Kier alpha value is -4.58. The highest BCUT2D eigenvalue weighted by Gasteiger charge is 2.56. The van der Waals surface area contributed by atoms with Crippen molar-refractivity contribution in [3.63, 3.8) is 0 Å². The third-order valence-corrected chi connectivity index (χ3v) is 10.2. The highest BCUT2D eigenvalue weighted by atomic mass is 32.2. The summed E-state index contributed by atoms with van der Waals surface area (Å²) in [5.74, 6) is -2.31. The topological polar surface area (TPSA) is 159 Å². The summed E-state index contributed by atoms with van der Waals surface area (Å²) in [7, 11) is 0. The molecule has 18 heteroatoms.